The Labute approximate surface area is 131 Å². The minimum atomic E-state index is 0.157. The van der Waals surface area contributed by atoms with Crippen LogP contribution in [0.2, 0.25) is 4.34 Å². The predicted octanol–water partition coefficient (Wildman–Crippen LogP) is 3.42. The van der Waals surface area contributed by atoms with Crippen LogP contribution in [-0.2, 0) is 6.54 Å². The molecule has 0 atom stereocenters. The van der Waals surface area contributed by atoms with Gasteiger partial charge in [-0.05, 0) is 23.6 Å². The molecule has 0 aromatic carbocycles. The summed E-state index contributed by atoms with van der Waals surface area (Å²) in [4.78, 5) is 17.8. The molecule has 0 saturated carbocycles. The fraction of sp³-hybridized carbons (Fsp3) is 0.357. The van der Waals surface area contributed by atoms with Crippen LogP contribution in [0.3, 0.4) is 0 Å². The lowest BCUT2D eigenvalue weighted by Crippen LogP contribution is -2.48. The number of rotatable bonds is 3. The average molecular weight is 327 g/mol. The van der Waals surface area contributed by atoms with E-state index in [-0.39, 0.29) is 5.91 Å². The maximum Gasteiger partial charge on any atom is 0.254 e. The molecular weight excluding hydrogens is 312 g/mol. The van der Waals surface area contributed by atoms with Crippen molar-refractivity contribution < 1.29 is 4.79 Å². The van der Waals surface area contributed by atoms with Crippen molar-refractivity contribution in [1.82, 2.24) is 9.80 Å². The number of hydrogen-bond donors (Lipinski definition) is 0. The first-order chi connectivity index (χ1) is 9.72. The van der Waals surface area contributed by atoms with Crippen molar-refractivity contribution in [2.24, 2.45) is 0 Å². The molecule has 1 saturated heterocycles. The summed E-state index contributed by atoms with van der Waals surface area (Å²) in [5.41, 5.74) is 0.813. The van der Waals surface area contributed by atoms with Gasteiger partial charge < -0.3 is 4.90 Å². The van der Waals surface area contributed by atoms with Gasteiger partial charge in [0.05, 0.1) is 9.90 Å². The third kappa shape index (κ3) is 3.23. The lowest BCUT2D eigenvalue weighted by molar-refractivity contribution is 0.0630. The number of piperazine rings is 1. The monoisotopic (exact) mass is 326 g/mol. The van der Waals surface area contributed by atoms with E-state index in [0.717, 1.165) is 42.6 Å². The Morgan fingerprint density at radius 3 is 2.60 bits per heavy atom. The van der Waals surface area contributed by atoms with E-state index in [1.807, 2.05) is 27.8 Å². The lowest BCUT2D eigenvalue weighted by Gasteiger charge is -2.34. The van der Waals surface area contributed by atoms with Gasteiger partial charge in [-0.3, -0.25) is 9.69 Å². The van der Waals surface area contributed by atoms with E-state index in [4.69, 9.17) is 11.6 Å². The molecule has 0 N–H and O–H groups in total. The highest BCUT2D eigenvalue weighted by atomic mass is 35.5. The first-order valence-corrected chi connectivity index (χ1v) is 8.64. The van der Waals surface area contributed by atoms with Crippen LogP contribution >= 0.6 is 34.3 Å². The van der Waals surface area contributed by atoms with Gasteiger partial charge in [0.25, 0.3) is 5.91 Å². The summed E-state index contributed by atoms with van der Waals surface area (Å²) in [6.07, 6.45) is 0. The third-order valence-corrected chi connectivity index (χ3v) is 5.34. The van der Waals surface area contributed by atoms with E-state index in [1.165, 1.54) is 4.88 Å². The van der Waals surface area contributed by atoms with Gasteiger partial charge in [0.2, 0.25) is 0 Å². The SMILES string of the molecule is O=C(c1ccsc1)N1CCN(Cc2ccc(Cl)s2)CC1. The van der Waals surface area contributed by atoms with Crippen molar-refractivity contribution in [3.05, 3.63) is 43.7 Å². The van der Waals surface area contributed by atoms with Crippen LogP contribution in [0.15, 0.2) is 29.0 Å². The molecule has 1 aliphatic heterocycles. The van der Waals surface area contributed by atoms with Gasteiger partial charge >= 0.3 is 0 Å². The summed E-state index contributed by atoms with van der Waals surface area (Å²) in [5, 5.41) is 3.87. The van der Waals surface area contributed by atoms with Crippen LogP contribution in [0.4, 0.5) is 0 Å². The molecule has 3 rings (SSSR count). The minimum absolute atomic E-state index is 0.157. The van der Waals surface area contributed by atoms with Gasteiger partial charge in [-0.1, -0.05) is 11.6 Å². The summed E-state index contributed by atoms with van der Waals surface area (Å²) in [7, 11) is 0. The van der Waals surface area contributed by atoms with Crippen molar-refractivity contribution in [2.75, 3.05) is 26.2 Å². The van der Waals surface area contributed by atoms with E-state index in [0.29, 0.717) is 0 Å². The predicted molar refractivity (Wildman–Crippen MR) is 84.8 cm³/mol. The third-order valence-electron chi connectivity index (χ3n) is 3.44. The molecule has 3 heterocycles. The van der Waals surface area contributed by atoms with Gasteiger partial charge in [-0.15, -0.1) is 11.3 Å². The average Bonchev–Trinajstić information content (AvgIpc) is 3.11. The molecule has 2 aromatic heterocycles. The van der Waals surface area contributed by atoms with Crippen molar-refractivity contribution >= 4 is 40.2 Å². The Morgan fingerprint density at radius 1 is 1.20 bits per heavy atom. The quantitative estimate of drug-likeness (QED) is 0.863. The lowest BCUT2D eigenvalue weighted by atomic mass is 10.2. The molecule has 0 radical (unpaired) electrons. The summed E-state index contributed by atoms with van der Waals surface area (Å²) in [5.74, 6) is 0.157. The molecule has 1 amide bonds. The van der Waals surface area contributed by atoms with E-state index in [9.17, 15) is 4.79 Å². The number of halogens is 1. The molecular formula is C14H15ClN2OS2. The van der Waals surface area contributed by atoms with Gasteiger partial charge in [0.1, 0.15) is 0 Å². The fourth-order valence-corrected chi connectivity index (χ4v) is 4.09. The fourth-order valence-electron chi connectivity index (χ4n) is 2.33. The van der Waals surface area contributed by atoms with Crippen LogP contribution in [-0.4, -0.2) is 41.9 Å². The van der Waals surface area contributed by atoms with Crippen molar-refractivity contribution in [1.29, 1.82) is 0 Å². The molecule has 0 unspecified atom stereocenters. The summed E-state index contributed by atoms with van der Waals surface area (Å²) < 4.78 is 0.839. The molecule has 0 aliphatic carbocycles. The Hall–Kier alpha value is -0.880. The second kappa shape index (κ2) is 6.26. The van der Waals surface area contributed by atoms with Gasteiger partial charge in [-0.25, -0.2) is 0 Å². The summed E-state index contributed by atoms with van der Waals surface area (Å²) >= 11 is 9.15. The van der Waals surface area contributed by atoms with Crippen LogP contribution < -0.4 is 0 Å². The van der Waals surface area contributed by atoms with E-state index in [2.05, 4.69) is 11.0 Å². The highest BCUT2D eigenvalue weighted by molar-refractivity contribution is 7.16. The normalized spacial score (nSPS) is 16.6. The Bertz CT molecular complexity index is 574. The summed E-state index contributed by atoms with van der Waals surface area (Å²) in [6, 6.07) is 5.92. The number of carbonyl (C=O) groups is 1. The molecule has 0 spiro atoms. The van der Waals surface area contributed by atoms with Gasteiger partial charge in [0.15, 0.2) is 0 Å². The van der Waals surface area contributed by atoms with Gasteiger partial charge in [-0.2, -0.15) is 11.3 Å². The Kier molecular flexibility index (Phi) is 4.41. The topological polar surface area (TPSA) is 23.6 Å². The van der Waals surface area contributed by atoms with Crippen molar-refractivity contribution in [3.8, 4) is 0 Å². The Balaban J connectivity index is 1.53. The van der Waals surface area contributed by atoms with Crippen LogP contribution in [0.1, 0.15) is 15.2 Å². The van der Waals surface area contributed by atoms with Crippen molar-refractivity contribution in [3.63, 3.8) is 0 Å². The van der Waals surface area contributed by atoms with E-state index < -0.39 is 0 Å². The van der Waals surface area contributed by atoms with Crippen LogP contribution in [0.25, 0.3) is 0 Å². The first-order valence-electron chi connectivity index (χ1n) is 6.50. The molecule has 0 bridgehead atoms. The first kappa shape index (κ1) is 14.1. The van der Waals surface area contributed by atoms with E-state index >= 15 is 0 Å². The molecule has 6 heteroatoms. The largest absolute Gasteiger partial charge is 0.336 e. The standard InChI is InChI=1S/C14H15ClN2OS2/c15-13-2-1-12(20-13)9-16-4-6-17(7-5-16)14(18)11-3-8-19-10-11/h1-3,8,10H,4-7,9H2. The Morgan fingerprint density at radius 2 is 2.00 bits per heavy atom. The molecule has 1 fully saturated rings. The molecule has 106 valence electrons. The number of thiophene rings is 2. The number of nitrogens with zero attached hydrogens (tertiary/aromatic N) is 2. The summed E-state index contributed by atoms with van der Waals surface area (Å²) in [6.45, 7) is 4.37. The van der Waals surface area contributed by atoms with E-state index in [1.54, 1.807) is 22.7 Å². The molecule has 1 aliphatic rings. The zero-order chi connectivity index (χ0) is 13.9. The van der Waals surface area contributed by atoms with Crippen LogP contribution in [0.5, 0.6) is 0 Å². The second-order valence-electron chi connectivity index (χ2n) is 4.79. The van der Waals surface area contributed by atoms with Gasteiger partial charge in [0, 0.05) is 43.0 Å². The highest BCUT2D eigenvalue weighted by Crippen LogP contribution is 2.23. The second-order valence-corrected chi connectivity index (χ2v) is 7.37. The highest BCUT2D eigenvalue weighted by Gasteiger charge is 2.22. The molecule has 20 heavy (non-hydrogen) atoms. The maximum absolute atomic E-state index is 12.2. The maximum atomic E-state index is 12.2. The zero-order valence-electron chi connectivity index (χ0n) is 10.9. The number of amides is 1. The number of hydrogen-bond acceptors (Lipinski definition) is 4. The smallest absolute Gasteiger partial charge is 0.254 e. The zero-order valence-corrected chi connectivity index (χ0v) is 13.3. The number of carbonyl (C=O) groups excluding carboxylic acids is 1. The molecule has 2 aromatic rings. The van der Waals surface area contributed by atoms with Crippen LogP contribution in [0, 0.1) is 0 Å². The minimum Gasteiger partial charge on any atom is -0.336 e. The molecule has 3 nitrogen and oxygen atoms in total. The van der Waals surface area contributed by atoms with Crippen molar-refractivity contribution in [2.45, 2.75) is 6.54 Å².